The van der Waals surface area contributed by atoms with Crippen LogP contribution >= 0.6 is 0 Å². The number of carbonyl (C=O) groups excluding carboxylic acids is 1. The Kier molecular flexibility index (Phi) is 28.2. The lowest BCUT2D eigenvalue weighted by atomic mass is 10.0. The van der Waals surface area contributed by atoms with Crippen LogP contribution in [-0.4, -0.2) is 23.1 Å². The zero-order valence-electron chi connectivity index (χ0n) is 24.8. The Morgan fingerprint density at radius 3 is 1.46 bits per heavy atom. The van der Waals surface area contributed by atoms with Crippen molar-refractivity contribution in [3.8, 4) is 0 Å². The van der Waals surface area contributed by atoms with Crippen molar-refractivity contribution in [3.05, 3.63) is 12.2 Å². The molecular weight excluding hydrogens is 460 g/mol. The van der Waals surface area contributed by atoms with Crippen molar-refractivity contribution in [3.63, 3.8) is 0 Å². The van der Waals surface area contributed by atoms with E-state index in [1.807, 2.05) is 0 Å². The summed E-state index contributed by atoms with van der Waals surface area (Å²) in [6, 6.07) is 0. The van der Waals surface area contributed by atoms with Gasteiger partial charge in [-0.25, -0.2) is 0 Å². The van der Waals surface area contributed by atoms with Gasteiger partial charge in [0.1, 0.15) is 6.10 Å². The molecule has 4 nitrogen and oxygen atoms in total. The standard InChI is InChI=1S/C33H62O4/c1-3-5-7-9-11-13-14-15-16-17-18-19-20-21-23-25-27-29-33(36)37-31(30-32(34)35)28-26-24-22-12-10-8-6-4-2/h15-16,31H,3-14,17-30H2,1-2H3,(H,34,35)/b16-15-. The molecule has 0 fully saturated rings. The zero-order chi connectivity index (χ0) is 27.2. The quantitative estimate of drug-likeness (QED) is 0.0602. The second-order valence-electron chi connectivity index (χ2n) is 11.0. The second kappa shape index (κ2) is 29.2. The number of allylic oxidation sites excluding steroid dienone is 2. The minimum Gasteiger partial charge on any atom is -0.481 e. The molecule has 1 N–H and O–H groups in total. The van der Waals surface area contributed by atoms with Gasteiger partial charge in [-0.15, -0.1) is 0 Å². The molecule has 0 aromatic heterocycles. The number of carbonyl (C=O) groups is 2. The maximum Gasteiger partial charge on any atom is 0.307 e. The molecule has 0 heterocycles. The number of carboxylic acid groups (broad SMARTS) is 1. The highest BCUT2D eigenvalue weighted by Crippen LogP contribution is 2.16. The summed E-state index contributed by atoms with van der Waals surface area (Å²) in [6.45, 7) is 4.49. The van der Waals surface area contributed by atoms with E-state index >= 15 is 0 Å². The van der Waals surface area contributed by atoms with Gasteiger partial charge in [-0.3, -0.25) is 9.59 Å². The lowest BCUT2D eigenvalue weighted by molar-refractivity contribution is -0.153. The van der Waals surface area contributed by atoms with Gasteiger partial charge < -0.3 is 9.84 Å². The first kappa shape index (κ1) is 35.7. The smallest absolute Gasteiger partial charge is 0.307 e. The van der Waals surface area contributed by atoms with Crippen molar-refractivity contribution < 1.29 is 19.4 Å². The molecule has 0 rings (SSSR count). The Hall–Kier alpha value is -1.32. The van der Waals surface area contributed by atoms with Crippen molar-refractivity contribution in [2.24, 2.45) is 0 Å². The van der Waals surface area contributed by atoms with E-state index < -0.39 is 12.1 Å². The number of esters is 1. The molecule has 4 heteroatoms. The molecule has 37 heavy (non-hydrogen) atoms. The molecule has 0 saturated carbocycles. The van der Waals surface area contributed by atoms with Crippen molar-refractivity contribution in [2.45, 2.75) is 187 Å². The molecule has 0 saturated heterocycles. The Bertz CT molecular complexity index is 528. The minimum absolute atomic E-state index is 0.0729. The zero-order valence-corrected chi connectivity index (χ0v) is 24.8. The number of hydrogen-bond acceptors (Lipinski definition) is 3. The van der Waals surface area contributed by atoms with Crippen LogP contribution in [0.2, 0.25) is 0 Å². The third kappa shape index (κ3) is 29.1. The van der Waals surface area contributed by atoms with E-state index in [4.69, 9.17) is 9.84 Å². The molecular formula is C33H62O4. The van der Waals surface area contributed by atoms with E-state index in [-0.39, 0.29) is 12.4 Å². The van der Waals surface area contributed by atoms with E-state index in [9.17, 15) is 9.59 Å². The number of unbranched alkanes of at least 4 members (excludes halogenated alkanes) is 20. The van der Waals surface area contributed by atoms with E-state index in [1.54, 1.807) is 0 Å². The fourth-order valence-electron chi connectivity index (χ4n) is 4.84. The molecule has 0 aliphatic heterocycles. The minimum atomic E-state index is -0.884. The number of rotatable bonds is 29. The van der Waals surface area contributed by atoms with Crippen LogP contribution in [0.3, 0.4) is 0 Å². The van der Waals surface area contributed by atoms with Crippen LogP contribution in [0.4, 0.5) is 0 Å². The molecule has 0 aliphatic carbocycles. The lowest BCUT2D eigenvalue weighted by Crippen LogP contribution is -2.21. The first-order valence-electron chi connectivity index (χ1n) is 16.2. The van der Waals surface area contributed by atoms with Gasteiger partial charge in [-0.1, -0.05) is 135 Å². The number of hydrogen-bond donors (Lipinski definition) is 1. The largest absolute Gasteiger partial charge is 0.481 e. The summed E-state index contributed by atoms with van der Waals surface area (Å²) in [5.74, 6) is -1.11. The predicted molar refractivity (Wildman–Crippen MR) is 158 cm³/mol. The molecule has 0 aliphatic rings. The SMILES string of the molecule is CCCCCCCC/C=C\CCCCCCCCCC(=O)OC(CCCCCCCCCC)CC(=O)O. The Balaban J connectivity index is 3.63. The summed E-state index contributed by atoms with van der Waals surface area (Å²) in [6.07, 6.45) is 33.7. The van der Waals surface area contributed by atoms with Crippen LogP contribution in [0.1, 0.15) is 181 Å². The first-order valence-corrected chi connectivity index (χ1v) is 16.2. The molecule has 1 atom stereocenters. The summed E-state index contributed by atoms with van der Waals surface area (Å²) in [5, 5.41) is 9.16. The van der Waals surface area contributed by atoms with Crippen molar-refractivity contribution in [1.29, 1.82) is 0 Å². The van der Waals surface area contributed by atoms with Crippen molar-refractivity contribution >= 4 is 11.9 Å². The van der Waals surface area contributed by atoms with Gasteiger partial charge in [0, 0.05) is 6.42 Å². The Morgan fingerprint density at radius 1 is 0.595 bits per heavy atom. The normalized spacial score (nSPS) is 12.3. The number of aliphatic carboxylic acids is 1. The molecule has 0 bridgehead atoms. The lowest BCUT2D eigenvalue weighted by Gasteiger charge is -2.16. The Labute approximate surface area is 230 Å². The van der Waals surface area contributed by atoms with E-state index in [0.29, 0.717) is 12.8 Å². The third-order valence-electron chi connectivity index (χ3n) is 7.22. The monoisotopic (exact) mass is 522 g/mol. The fourth-order valence-corrected chi connectivity index (χ4v) is 4.84. The number of ether oxygens (including phenoxy) is 1. The van der Waals surface area contributed by atoms with Crippen LogP contribution in [-0.2, 0) is 14.3 Å². The number of carboxylic acids is 1. The highest BCUT2D eigenvalue weighted by molar-refractivity contribution is 5.71. The highest BCUT2D eigenvalue weighted by atomic mass is 16.5. The van der Waals surface area contributed by atoms with Crippen LogP contribution in [0.15, 0.2) is 12.2 Å². The van der Waals surface area contributed by atoms with Gasteiger partial charge in [-0.2, -0.15) is 0 Å². The summed E-state index contributed by atoms with van der Waals surface area (Å²) >= 11 is 0. The van der Waals surface area contributed by atoms with Crippen molar-refractivity contribution in [1.82, 2.24) is 0 Å². The summed E-state index contributed by atoms with van der Waals surface area (Å²) in [5.41, 5.74) is 0. The molecule has 0 spiro atoms. The van der Waals surface area contributed by atoms with Crippen LogP contribution < -0.4 is 0 Å². The molecule has 1 unspecified atom stereocenters. The third-order valence-corrected chi connectivity index (χ3v) is 7.22. The van der Waals surface area contributed by atoms with Crippen LogP contribution in [0.25, 0.3) is 0 Å². The van der Waals surface area contributed by atoms with E-state index in [2.05, 4.69) is 26.0 Å². The fraction of sp³-hybridized carbons (Fsp3) is 0.879. The highest BCUT2D eigenvalue weighted by Gasteiger charge is 2.17. The topological polar surface area (TPSA) is 63.6 Å². The van der Waals surface area contributed by atoms with Gasteiger partial charge in [0.15, 0.2) is 0 Å². The van der Waals surface area contributed by atoms with Crippen molar-refractivity contribution in [2.75, 3.05) is 0 Å². The van der Waals surface area contributed by atoms with E-state index in [1.165, 1.54) is 116 Å². The predicted octanol–water partition coefficient (Wildman–Crippen LogP) is 10.7. The second-order valence-corrected chi connectivity index (χ2v) is 11.0. The maximum atomic E-state index is 12.2. The molecule has 218 valence electrons. The summed E-state index contributed by atoms with van der Waals surface area (Å²) in [7, 11) is 0. The molecule has 0 amide bonds. The van der Waals surface area contributed by atoms with Gasteiger partial charge in [0.25, 0.3) is 0 Å². The van der Waals surface area contributed by atoms with Gasteiger partial charge in [-0.05, 0) is 44.9 Å². The first-order chi connectivity index (χ1) is 18.1. The van der Waals surface area contributed by atoms with Gasteiger partial charge in [0.2, 0.25) is 0 Å². The summed E-state index contributed by atoms with van der Waals surface area (Å²) < 4.78 is 5.52. The summed E-state index contributed by atoms with van der Waals surface area (Å²) in [4.78, 5) is 23.4. The van der Waals surface area contributed by atoms with Crippen LogP contribution in [0, 0.1) is 0 Å². The average Bonchev–Trinajstić information content (AvgIpc) is 2.87. The molecule has 0 aromatic rings. The molecule has 0 aromatic carbocycles. The maximum absolute atomic E-state index is 12.2. The van der Waals surface area contributed by atoms with Gasteiger partial charge >= 0.3 is 11.9 Å². The Morgan fingerprint density at radius 2 is 1.00 bits per heavy atom. The van der Waals surface area contributed by atoms with Gasteiger partial charge in [0.05, 0.1) is 6.42 Å². The molecule has 0 radical (unpaired) electrons. The average molecular weight is 523 g/mol. The van der Waals surface area contributed by atoms with Crippen LogP contribution in [0.5, 0.6) is 0 Å². The van der Waals surface area contributed by atoms with E-state index in [0.717, 1.165) is 32.1 Å².